The van der Waals surface area contributed by atoms with E-state index in [1.807, 2.05) is 10.6 Å². The molecule has 1 N–H and O–H groups in total. The third-order valence-corrected chi connectivity index (χ3v) is 3.73. The van der Waals surface area contributed by atoms with Gasteiger partial charge in [0.15, 0.2) is 0 Å². The Morgan fingerprint density at radius 2 is 2.17 bits per heavy atom. The van der Waals surface area contributed by atoms with Gasteiger partial charge in [0.1, 0.15) is 5.65 Å². The largest absolute Gasteiger partial charge is 0.307 e. The Kier molecular flexibility index (Phi) is 2.94. The number of nitrogens with one attached hydrogen (secondary N) is 1. The highest BCUT2D eigenvalue weighted by atomic mass is 16.1. The molecule has 0 unspecified atom stereocenters. The Morgan fingerprint density at radius 1 is 1.33 bits per heavy atom. The minimum Gasteiger partial charge on any atom is -0.307 e. The van der Waals surface area contributed by atoms with Crippen LogP contribution in [0.2, 0.25) is 0 Å². The van der Waals surface area contributed by atoms with Crippen molar-refractivity contribution in [2.24, 2.45) is 0 Å². The first-order chi connectivity index (χ1) is 8.79. The number of hydrogen-bond donors (Lipinski definition) is 1. The summed E-state index contributed by atoms with van der Waals surface area (Å²) in [5.74, 6) is 0. The fourth-order valence-corrected chi connectivity index (χ4v) is 2.84. The quantitative estimate of drug-likeness (QED) is 0.825. The smallest absolute Gasteiger partial charge is 0.254 e. The first kappa shape index (κ1) is 11.5. The minimum atomic E-state index is 0.0855. The molecule has 0 radical (unpaired) electrons. The van der Waals surface area contributed by atoms with Gasteiger partial charge in [0.25, 0.3) is 5.56 Å². The fraction of sp³-hybridized carbons (Fsp3) is 0.571. The summed E-state index contributed by atoms with van der Waals surface area (Å²) in [5.41, 5.74) is 4.09. The van der Waals surface area contributed by atoms with Crippen LogP contribution in [0.25, 0.3) is 5.65 Å². The predicted molar refractivity (Wildman–Crippen MR) is 71.1 cm³/mol. The van der Waals surface area contributed by atoms with Crippen LogP contribution in [0, 0.1) is 0 Å². The molecule has 3 rings (SSSR count). The molecule has 2 aromatic heterocycles. The van der Waals surface area contributed by atoms with Crippen molar-refractivity contribution in [3.05, 3.63) is 33.4 Å². The van der Waals surface area contributed by atoms with Crippen molar-refractivity contribution in [3.8, 4) is 0 Å². The SMILES string of the molecule is CCCc1cc2[nH]c(=O)c3c(n2n1)CCCCC3. The van der Waals surface area contributed by atoms with Crippen LogP contribution in [0.1, 0.15) is 49.6 Å². The van der Waals surface area contributed by atoms with Crippen LogP contribution in [-0.4, -0.2) is 14.6 Å². The number of aromatic amines is 1. The van der Waals surface area contributed by atoms with Crippen molar-refractivity contribution in [1.82, 2.24) is 14.6 Å². The fourth-order valence-electron chi connectivity index (χ4n) is 2.84. The summed E-state index contributed by atoms with van der Waals surface area (Å²) < 4.78 is 1.97. The van der Waals surface area contributed by atoms with Gasteiger partial charge in [-0.05, 0) is 32.1 Å². The lowest BCUT2D eigenvalue weighted by molar-refractivity contribution is 0.700. The normalized spacial score (nSPS) is 15.6. The maximum atomic E-state index is 12.1. The van der Waals surface area contributed by atoms with Gasteiger partial charge in [-0.1, -0.05) is 19.8 Å². The minimum absolute atomic E-state index is 0.0855. The van der Waals surface area contributed by atoms with E-state index < -0.39 is 0 Å². The van der Waals surface area contributed by atoms with Gasteiger partial charge in [0.05, 0.1) is 11.4 Å². The number of nitrogens with zero attached hydrogens (tertiary/aromatic N) is 2. The molecule has 1 aliphatic rings. The molecule has 2 aromatic rings. The zero-order valence-corrected chi connectivity index (χ0v) is 10.8. The summed E-state index contributed by atoms with van der Waals surface area (Å²) in [5, 5.41) is 4.65. The Balaban J connectivity index is 2.21. The standard InChI is InChI=1S/C14H19N3O/c1-2-6-10-9-13-15-14(18)11-7-4-3-5-8-12(11)17(13)16-10/h9H,2-8H2,1H3,(H,15,18). The Hall–Kier alpha value is -1.58. The van der Waals surface area contributed by atoms with Crippen molar-refractivity contribution in [2.75, 3.05) is 0 Å². The Bertz CT molecular complexity index is 624. The summed E-state index contributed by atoms with van der Waals surface area (Å²) in [6.45, 7) is 2.15. The Labute approximate surface area is 106 Å². The van der Waals surface area contributed by atoms with Gasteiger partial charge in [0, 0.05) is 11.6 Å². The number of aryl methyl sites for hydroxylation is 2. The highest BCUT2D eigenvalue weighted by Gasteiger charge is 2.16. The number of fused-ring (bicyclic) bond motifs is 3. The molecule has 1 aliphatic carbocycles. The molecule has 0 saturated carbocycles. The average Bonchev–Trinajstić information content (AvgIpc) is 2.61. The molecule has 2 heterocycles. The lowest BCUT2D eigenvalue weighted by Gasteiger charge is -2.06. The first-order valence-corrected chi connectivity index (χ1v) is 6.92. The third-order valence-electron chi connectivity index (χ3n) is 3.73. The van der Waals surface area contributed by atoms with Crippen molar-refractivity contribution in [2.45, 2.75) is 51.9 Å². The van der Waals surface area contributed by atoms with Gasteiger partial charge < -0.3 is 4.98 Å². The molecule has 0 fully saturated rings. The molecule has 18 heavy (non-hydrogen) atoms. The number of H-pyrrole nitrogens is 1. The summed E-state index contributed by atoms with van der Waals surface area (Å²) in [6, 6.07) is 2.01. The molecule has 0 amide bonds. The van der Waals surface area contributed by atoms with E-state index in [-0.39, 0.29) is 5.56 Å². The van der Waals surface area contributed by atoms with E-state index in [4.69, 9.17) is 0 Å². The summed E-state index contributed by atoms with van der Waals surface area (Å²) in [4.78, 5) is 15.1. The van der Waals surface area contributed by atoms with Crippen molar-refractivity contribution < 1.29 is 0 Å². The molecule has 4 nitrogen and oxygen atoms in total. The topological polar surface area (TPSA) is 50.2 Å². The Morgan fingerprint density at radius 3 is 3.00 bits per heavy atom. The van der Waals surface area contributed by atoms with Crippen LogP contribution in [0.3, 0.4) is 0 Å². The summed E-state index contributed by atoms with van der Waals surface area (Å²) in [6.07, 6.45) is 7.40. The van der Waals surface area contributed by atoms with Crippen molar-refractivity contribution >= 4 is 5.65 Å². The van der Waals surface area contributed by atoms with Crippen LogP contribution in [0.5, 0.6) is 0 Å². The highest BCUT2D eigenvalue weighted by molar-refractivity contribution is 5.42. The maximum Gasteiger partial charge on any atom is 0.254 e. The van der Waals surface area contributed by atoms with E-state index in [9.17, 15) is 4.79 Å². The van der Waals surface area contributed by atoms with Gasteiger partial charge >= 0.3 is 0 Å². The molecule has 4 heteroatoms. The summed E-state index contributed by atoms with van der Waals surface area (Å²) in [7, 11) is 0. The number of hydrogen-bond acceptors (Lipinski definition) is 2. The predicted octanol–water partition coefficient (Wildman–Crippen LogP) is 2.24. The van der Waals surface area contributed by atoms with E-state index >= 15 is 0 Å². The lowest BCUT2D eigenvalue weighted by atomic mass is 10.1. The molecule has 0 bridgehead atoms. The maximum absolute atomic E-state index is 12.1. The van der Waals surface area contributed by atoms with Crippen LogP contribution in [-0.2, 0) is 19.3 Å². The van der Waals surface area contributed by atoms with E-state index in [0.29, 0.717) is 0 Å². The van der Waals surface area contributed by atoms with Gasteiger partial charge in [-0.15, -0.1) is 0 Å². The lowest BCUT2D eigenvalue weighted by Crippen LogP contribution is -2.19. The zero-order valence-electron chi connectivity index (χ0n) is 10.8. The van der Waals surface area contributed by atoms with Gasteiger partial charge in [-0.3, -0.25) is 4.79 Å². The second-order valence-electron chi connectivity index (χ2n) is 5.12. The van der Waals surface area contributed by atoms with Gasteiger partial charge in [0.2, 0.25) is 0 Å². The van der Waals surface area contributed by atoms with Crippen LogP contribution in [0.15, 0.2) is 10.9 Å². The molecule has 0 atom stereocenters. The molecule has 0 aliphatic heterocycles. The third kappa shape index (κ3) is 1.85. The van der Waals surface area contributed by atoms with Gasteiger partial charge in [-0.25, -0.2) is 4.52 Å². The molecule has 0 spiro atoms. The zero-order chi connectivity index (χ0) is 12.5. The van der Waals surface area contributed by atoms with E-state index in [0.717, 1.165) is 61.1 Å². The molecular formula is C14H19N3O. The van der Waals surface area contributed by atoms with E-state index in [1.165, 1.54) is 6.42 Å². The van der Waals surface area contributed by atoms with Crippen LogP contribution >= 0.6 is 0 Å². The monoisotopic (exact) mass is 245 g/mol. The van der Waals surface area contributed by atoms with E-state index in [2.05, 4.69) is 17.0 Å². The summed E-state index contributed by atoms with van der Waals surface area (Å²) >= 11 is 0. The second-order valence-corrected chi connectivity index (χ2v) is 5.12. The van der Waals surface area contributed by atoms with E-state index in [1.54, 1.807) is 0 Å². The average molecular weight is 245 g/mol. The number of aromatic nitrogens is 3. The van der Waals surface area contributed by atoms with Crippen LogP contribution < -0.4 is 5.56 Å². The molecule has 0 aromatic carbocycles. The molecular weight excluding hydrogens is 226 g/mol. The van der Waals surface area contributed by atoms with Gasteiger partial charge in [-0.2, -0.15) is 5.10 Å². The molecule has 96 valence electrons. The highest BCUT2D eigenvalue weighted by Crippen LogP contribution is 2.18. The van der Waals surface area contributed by atoms with Crippen molar-refractivity contribution in [3.63, 3.8) is 0 Å². The first-order valence-electron chi connectivity index (χ1n) is 6.92. The molecule has 0 saturated heterocycles. The number of rotatable bonds is 2. The van der Waals surface area contributed by atoms with Crippen molar-refractivity contribution in [1.29, 1.82) is 0 Å². The second kappa shape index (κ2) is 4.59. The van der Waals surface area contributed by atoms with Crippen LogP contribution in [0.4, 0.5) is 0 Å².